The van der Waals surface area contributed by atoms with E-state index in [-0.39, 0.29) is 5.97 Å². The molecule has 0 spiro atoms. The van der Waals surface area contributed by atoms with Crippen molar-refractivity contribution in [2.45, 2.75) is 17.3 Å². The molecule has 0 saturated carbocycles. The molecule has 0 rings (SSSR count). The Morgan fingerprint density at radius 3 is 2.60 bits per heavy atom. The molecule has 0 aromatic carbocycles. The first-order valence-corrected chi connectivity index (χ1v) is 4.03. The Balaban J connectivity index is 3.74. The zero-order valence-electron chi connectivity index (χ0n) is 6.19. The molecule has 0 aliphatic rings. The van der Waals surface area contributed by atoms with Crippen LogP contribution in [0.1, 0.15) is 13.8 Å². The Bertz CT molecular complexity index is 135. The summed E-state index contributed by atoms with van der Waals surface area (Å²) >= 11 is 2.03. The monoisotopic (exact) mass is 254 g/mol. The topological polar surface area (TPSA) is 26.3 Å². The third-order valence-corrected chi connectivity index (χ3v) is 1.26. The van der Waals surface area contributed by atoms with Crippen LogP contribution in [0.4, 0.5) is 0 Å². The number of halogens is 1. The molecule has 0 fully saturated rings. The highest BCUT2D eigenvalue weighted by atomic mass is 127. The second kappa shape index (κ2) is 3.95. The summed E-state index contributed by atoms with van der Waals surface area (Å²) in [4.78, 5) is 10.9. The maximum absolute atomic E-state index is 10.9. The minimum absolute atomic E-state index is 0.201. The molecular formula is C7H11IO2. The van der Waals surface area contributed by atoms with Crippen molar-refractivity contribution in [3.63, 3.8) is 0 Å². The Labute approximate surface area is 74.8 Å². The van der Waals surface area contributed by atoms with E-state index in [1.54, 1.807) is 19.9 Å². The van der Waals surface area contributed by atoms with Crippen LogP contribution in [-0.2, 0) is 9.53 Å². The van der Waals surface area contributed by atoms with Crippen LogP contribution in [0.5, 0.6) is 0 Å². The SMILES string of the molecule is C=CCOC(=O)C(C)(C)I. The number of hydrogen-bond acceptors (Lipinski definition) is 2. The van der Waals surface area contributed by atoms with E-state index >= 15 is 0 Å². The van der Waals surface area contributed by atoms with E-state index in [1.165, 1.54) is 0 Å². The molecule has 0 unspecified atom stereocenters. The molecule has 0 aromatic heterocycles. The molecule has 0 radical (unpaired) electrons. The summed E-state index contributed by atoms with van der Waals surface area (Å²) < 4.78 is 4.36. The Morgan fingerprint density at radius 1 is 1.80 bits per heavy atom. The molecular weight excluding hydrogens is 243 g/mol. The number of carbonyl (C=O) groups is 1. The second-order valence-electron chi connectivity index (χ2n) is 2.36. The lowest BCUT2D eigenvalue weighted by atomic mass is 10.2. The van der Waals surface area contributed by atoms with Crippen molar-refractivity contribution in [2.75, 3.05) is 6.61 Å². The Kier molecular flexibility index (Phi) is 3.93. The highest BCUT2D eigenvalue weighted by Gasteiger charge is 2.24. The van der Waals surface area contributed by atoms with Crippen molar-refractivity contribution in [3.8, 4) is 0 Å². The van der Waals surface area contributed by atoms with Crippen LogP contribution < -0.4 is 0 Å². The standard InChI is InChI=1S/C7H11IO2/c1-4-5-10-6(9)7(2,3)8/h4H,1,5H2,2-3H3. The van der Waals surface area contributed by atoms with Gasteiger partial charge >= 0.3 is 5.97 Å². The maximum atomic E-state index is 10.9. The van der Waals surface area contributed by atoms with Crippen LogP contribution in [0.15, 0.2) is 12.7 Å². The number of carbonyl (C=O) groups excluding carboxylic acids is 1. The van der Waals surface area contributed by atoms with Crippen LogP contribution in [0.3, 0.4) is 0 Å². The maximum Gasteiger partial charge on any atom is 0.321 e. The molecule has 3 heteroatoms. The minimum Gasteiger partial charge on any atom is -0.460 e. The van der Waals surface area contributed by atoms with E-state index in [2.05, 4.69) is 6.58 Å². The third-order valence-electron chi connectivity index (χ3n) is 0.818. The fourth-order valence-corrected chi connectivity index (χ4v) is 0.462. The van der Waals surface area contributed by atoms with Crippen LogP contribution in [0, 0.1) is 0 Å². The van der Waals surface area contributed by atoms with Gasteiger partial charge in [-0.25, -0.2) is 0 Å². The lowest BCUT2D eigenvalue weighted by molar-refractivity contribution is -0.143. The van der Waals surface area contributed by atoms with Gasteiger partial charge in [0.15, 0.2) is 0 Å². The fourth-order valence-electron chi connectivity index (χ4n) is 0.306. The molecule has 0 aliphatic heterocycles. The van der Waals surface area contributed by atoms with E-state index < -0.39 is 3.42 Å². The number of hydrogen-bond donors (Lipinski definition) is 0. The second-order valence-corrected chi connectivity index (χ2v) is 5.06. The minimum atomic E-state index is -0.430. The largest absolute Gasteiger partial charge is 0.460 e. The summed E-state index contributed by atoms with van der Waals surface area (Å²) in [6.07, 6.45) is 1.56. The molecule has 0 N–H and O–H groups in total. The first-order chi connectivity index (χ1) is 4.48. The van der Waals surface area contributed by atoms with Gasteiger partial charge in [-0.15, -0.1) is 0 Å². The van der Waals surface area contributed by atoms with Crippen molar-refractivity contribution in [2.24, 2.45) is 0 Å². The van der Waals surface area contributed by atoms with Crippen LogP contribution in [0.2, 0.25) is 0 Å². The van der Waals surface area contributed by atoms with E-state index in [4.69, 9.17) is 4.74 Å². The molecule has 0 heterocycles. The van der Waals surface area contributed by atoms with Gasteiger partial charge in [-0.3, -0.25) is 4.79 Å². The van der Waals surface area contributed by atoms with Crippen molar-refractivity contribution in [1.29, 1.82) is 0 Å². The van der Waals surface area contributed by atoms with Gasteiger partial charge in [-0.1, -0.05) is 35.2 Å². The van der Waals surface area contributed by atoms with Crippen molar-refractivity contribution >= 4 is 28.6 Å². The van der Waals surface area contributed by atoms with E-state index in [9.17, 15) is 4.79 Å². The third kappa shape index (κ3) is 3.87. The number of ether oxygens (including phenoxy) is 1. The van der Waals surface area contributed by atoms with E-state index in [0.29, 0.717) is 6.61 Å². The van der Waals surface area contributed by atoms with E-state index in [0.717, 1.165) is 0 Å². The predicted molar refractivity (Wildman–Crippen MR) is 49.3 cm³/mol. The fraction of sp³-hybridized carbons (Fsp3) is 0.571. The van der Waals surface area contributed by atoms with Crippen LogP contribution in [0.25, 0.3) is 0 Å². The summed E-state index contributed by atoms with van der Waals surface area (Å²) in [5.41, 5.74) is 0. The highest BCUT2D eigenvalue weighted by Crippen LogP contribution is 2.17. The molecule has 0 aromatic rings. The quantitative estimate of drug-likeness (QED) is 0.333. The summed E-state index contributed by atoms with van der Waals surface area (Å²) in [6.45, 7) is 7.34. The van der Waals surface area contributed by atoms with Crippen LogP contribution in [-0.4, -0.2) is 16.0 Å². The lowest BCUT2D eigenvalue weighted by Gasteiger charge is -2.13. The van der Waals surface area contributed by atoms with Crippen molar-refractivity contribution in [1.82, 2.24) is 0 Å². The zero-order chi connectivity index (χ0) is 8.20. The van der Waals surface area contributed by atoms with Crippen LogP contribution >= 0.6 is 22.6 Å². The first-order valence-electron chi connectivity index (χ1n) is 2.95. The van der Waals surface area contributed by atoms with Gasteiger partial charge in [-0.05, 0) is 13.8 Å². The van der Waals surface area contributed by atoms with Gasteiger partial charge in [-0.2, -0.15) is 0 Å². The Hall–Kier alpha value is -0.0600. The van der Waals surface area contributed by atoms with Gasteiger partial charge in [0.2, 0.25) is 0 Å². The molecule has 0 bridgehead atoms. The smallest absolute Gasteiger partial charge is 0.321 e. The summed E-state index contributed by atoms with van der Waals surface area (Å²) in [7, 11) is 0. The predicted octanol–water partition coefficient (Wildman–Crippen LogP) is 1.93. The van der Waals surface area contributed by atoms with Gasteiger partial charge in [0.1, 0.15) is 10.0 Å². The highest BCUT2D eigenvalue weighted by molar-refractivity contribution is 14.1. The normalized spacial score (nSPS) is 10.7. The lowest BCUT2D eigenvalue weighted by Crippen LogP contribution is -2.26. The van der Waals surface area contributed by atoms with Gasteiger partial charge < -0.3 is 4.74 Å². The molecule has 0 atom stereocenters. The average molecular weight is 254 g/mol. The first kappa shape index (κ1) is 9.94. The van der Waals surface area contributed by atoms with Gasteiger partial charge in [0, 0.05) is 0 Å². The van der Waals surface area contributed by atoms with Crippen molar-refractivity contribution in [3.05, 3.63) is 12.7 Å². The molecule has 2 nitrogen and oxygen atoms in total. The number of alkyl halides is 1. The average Bonchev–Trinajstić information content (AvgIpc) is 1.80. The Morgan fingerprint density at radius 2 is 2.30 bits per heavy atom. The molecule has 58 valence electrons. The van der Waals surface area contributed by atoms with E-state index in [1.807, 2.05) is 22.6 Å². The van der Waals surface area contributed by atoms with Crippen molar-refractivity contribution < 1.29 is 9.53 Å². The summed E-state index contributed by atoms with van der Waals surface area (Å²) in [5.74, 6) is -0.201. The molecule has 0 saturated heterocycles. The number of rotatable bonds is 3. The summed E-state index contributed by atoms with van der Waals surface area (Å²) in [5, 5.41) is 0. The van der Waals surface area contributed by atoms with Gasteiger partial charge in [0.05, 0.1) is 0 Å². The zero-order valence-corrected chi connectivity index (χ0v) is 8.34. The molecule has 0 aliphatic carbocycles. The molecule has 0 amide bonds. The molecule has 10 heavy (non-hydrogen) atoms. The van der Waals surface area contributed by atoms with Gasteiger partial charge in [0.25, 0.3) is 0 Å². The summed E-state index contributed by atoms with van der Waals surface area (Å²) in [6, 6.07) is 0. The number of esters is 1.